The van der Waals surface area contributed by atoms with Crippen molar-refractivity contribution in [3.63, 3.8) is 0 Å². The summed E-state index contributed by atoms with van der Waals surface area (Å²) in [6, 6.07) is 6.03. The summed E-state index contributed by atoms with van der Waals surface area (Å²) < 4.78 is 0. The third-order valence-electron chi connectivity index (χ3n) is 14.4. The average Bonchev–Trinajstić information content (AvgIpc) is 4.31. The number of imidazole rings is 1. The molecular formula is C54H71N15O10. The fraction of sp³-hybridized carbons (Fsp3) is 0.481. The van der Waals surface area contributed by atoms with Crippen LogP contribution in [0.25, 0.3) is 10.9 Å². The topological polar surface area (TPSA) is 370 Å². The van der Waals surface area contributed by atoms with E-state index in [4.69, 9.17) is 11.5 Å². The predicted molar refractivity (Wildman–Crippen MR) is 289 cm³/mol. The molecule has 2 aromatic carbocycles. The Labute approximate surface area is 456 Å². The van der Waals surface area contributed by atoms with Crippen molar-refractivity contribution in [3.05, 3.63) is 90.1 Å². The fourth-order valence-electron chi connectivity index (χ4n) is 10.4. The van der Waals surface area contributed by atoms with Crippen LogP contribution in [0.3, 0.4) is 0 Å². The van der Waals surface area contributed by atoms with E-state index in [-0.39, 0.29) is 82.7 Å². The predicted octanol–water partition coefficient (Wildman–Crippen LogP) is -1.23. The summed E-state index contributed by atoms with van der Waals surface area (Å²) in [5.41, 5.74) is 13.7. The lowest BCUT2D eigenvalue weighted by Crippen LogP contribution is -2.61. The molecule has 25 nitrogen and oxygen atoms in total. The molecule has 79 heavy (non-hydrogen) atoms. The quantitative estimate of drug-likeness (QED) is 0.0401. The molecular weight excluding hydrogens is 1020 g/mol. The van der Waals surface area contributed by atoms with Gasteiger partial charge in [-0.15, -0.1) is 0 Å². The Kier molecular flexibility index (Phi) is 20.3. The lowest BCUT2D eigenvalue weighted by atomic mass is 10.0. The maximum absolute atomic E-state index is 15.0. The number of H-pyrrole nitrogens is 2. The van der Waals surface area contributed by atoms with Crippen LogP contribution < -0.4 is 48.7 Å². The van der Waals surface area contributed by atoms with Crippen LogP contribution in [0.2, 0.25) is 0 Å². The molecule has 0 spiro atoms. The van der Waals surface area contributed by atoms with Crippen LogP contribution in [0.1, 0.15) is 88.5 Å². The lowest BCUT2D eigenvalue weighted by molar-refractivity contribution is -0.148. The van der Waals surface area contributed by atoms with Crippen molar-refractivity contribution in [3.8, 4) is 0 Å². The Bertz CT molecular complexity index is 2870. The number of nitrogens with zero attached hydrogens (tertiary/aromatic N) is 4. The Morgan fingerprint density at radius 1 is 0.684 bits per heavy atom. The summed E-state index contributed by atoms with van der Waals surface area (Å²) in [7, 11) is 0. The number of carbonyl (C=O) groups excluding carboxylic acids is 10. The Morgan fingerprint density at radius 2 is 1.30 bits per heavy atom. The Balaban J connectivity index is 1.27. The number of hydrogen-bond donors (Lipinski definition) is 11. The first-order chi connectivity index (χ1) is 37.9. The zero-order valence-corrected chi connectivity index (χ0v) is 44.4. The lowest BCUT2D eigenvalue weighted by Gasteiger charge is -2.33. The van der Waals surface area contributed by atoms with Gasteiger partial charge >= 0.3 is 0 Å². The van der Waals surface area contributed by atoms with Gasteiger partial charge in [0.05, 0.1) is 18.8 Å². The number of amides is 9. The van der Waals surface area contributed by atoms with E-state index < -0.39 is 108 Å². The third kappa shape index (κ3) is 16.0. The van der Waals surface area contributed by atoms with Gasteiger partial charge < -0.3 is 68.5 Å². The fourth-order valence-corrected chi connectivity index (χ4v) is 10.4. The average molecular weight is 1090 g/mol. The number of aromatic amines is 2. The van der Waals surface area contributed by atoms with Crippen LogP contribution in [0.5, 0.6) is 0 Å². The molecule has 13 N–H and O–H groups in total. The number of fused-ring (bicyclic) bond motifs is 1. The van der Waals surface area contributed by atoms with Gasteiger partial charge in [-0.05, 0) is 75.5 Å². The van der Waals surface area contributed by atoms with E-state index in [0.717, 1.165) is 10.9 Å². The van der Waals surface area contributed by atoms with Gasteiger partial charge in [0, 0.05) is 81.4 Å². The number of aromatic nitrogens is 3. The number of carbonyl (C=O) groups is 10. The molecule has 0 saturated carbocycles. The standard InChI is InChI=1S/C54H71N15O10/c1-31(70)44-18-10-22-68(44)53(79)45-19-11-23-69(45)52(78)43-27-46(72)58-20-8-16-38(62-32(2)71)47(73)66-42(26-35-29-57-30-61-35)51(77)64-40(24-33-12-4-3-5-13-33)49(75)63-39(17-9-21-59-54(55)56)48(74)65-41(50(76)67-43)25-34-28-60-37-15-7-6-14-36(34)37/h3-7,12-15,28-30,38-45,60H,8-11,16-27H2,1-2H3,(H,57,61)(H,58,72)(H,62,71)(H,63,75)(H,64,77)(H,65,74)(H,66,73)(H,67,76)(H4,55,56,59)/t38-,39-,40+,41-,42-,43-,44-,45-/m0/s1. The first kappa shape index (κ1) is 58.1. The SMILES string of the molecule is CC(=O)N[C@H]1CCCNC(=O)C[C@@H](C(=O)N2CCC[C@H]2C(=O)N2CCC[C@H]2C(C)=O)NC(=O)[C@H](Cc2c[nH]c3ccccc23)NC(=O)[C@H](CCCN=C(N)N)NC(=O)[C@@H](Cc2ccccc2)NC(=O)[C@H](Cc2cnc[nH]2)NC1=O. The molecule has 3 fully saturated rings. The van der Waals surface area contributed by atoms with Crippen LogP contribution in [-0.2, 0) is 67.2 Å². The number of ketones is 1. The number of likely N-dealkylation sites (tertiary alicyclic amines) is 2. The van der Waals surface area contributed by atoms with E-state index >= 15 is 4.79 Å². The van der Waals surface area contributed by atoms with Gasteiger partial charge in [-0.25, -0.2) is 4.98 Å². The van der Waals surface area contributed by atoms with Crippen molar-refractivity contribution < 1.29 is 47.9 Å². The molecule has 0 radical (unpaired) electrons. The van der Waals surface area contributed by atoms with Gasteiger partial charge in [0.1, 0.15) is 42.3 Å². The summed E-state index contributed by atoms with van der Waals surface area (Å²) in [6.45, 7) is 3.04. The number of Topliss-reactive ketones (excluding diaryl/α,β-unsaturated/α-hetero) is 1. The third-order valence-corrected chi connectivity index (χ3v) is 14.4. The zero-order valence-electron chi connectivity index (χ0n) is 44.4. The summed E-state index contributed by atoms with van der Waals surface area (Å²) in [6.07, 6.45) is 5.47. The van der Waals surface area contributed by atoms with Crippen LogP contribution in [0.4, 0.5) is 0 Å². The van der Waals surface area contributed by atoms with E-state index in [1.165, 1.54) is 36.2 Å². The molecule has 0 bridgehead atoms. The Hall–Kier alpha value is -8.64. The van der Waals surface area contributed by atoms with Crippen LogP contribution in [0, 0.1) is 0 Å². The molecule has 4 aromatic rings. The van der Waals surface area contributed by atoms with E-state index in [1.54, 1.807) is 42.6 Å². The minimum absolute atomic E-state index is 0.0304. The van der Waals surface area contributed by atoms with Crippen molar-refractivity contribution in [1.82, 2.24) is 62.0 Å². The molecule has 422 valence electrons. The first-order valence-electron chi connectivity index (χ1n) is 26.7. The normalized spacial score (nSPS) is 24.1. The highest BCUT2D eigenvalue weighted by Gasteiger charge is 2.44. The van der Waals surface area contributed by atoms with E-state index in [2.05, 4.69) is 57.2 Å². The highest BCUT2D eigenvalue weighted by molar-refractivity contribution is 6.00. The number of aliphatic imine (C=N–C) groups is 1. The first-order valence-corrected chi connectivity index (χ1v) is 26.7. The number of para-hydroxylation sites is 1. The number of guanidine groups is 1. The minimum atomic E-state index is -1.59. The second kappa shape index (κ2) is 27.6. The van der Waals surface area contributed by atoms with Gasteiger partial charge in [-0.1, -0.05) is 48.5 Å². The monoisotopic (exact) mass is 1090 g/mol. The number of nitrogens with two attached hydrogens (primary N) is 2. The number of benzene rings is 2. The summed E-state index contributed by atoms with van der Waals surface area (Å²) in [5.74, 6) is -6.86. The highest BCUT2D eigenvalue weighted by atomic mass is 16.2. The van der Waals surface area contributed by atoms with Crippen LogP contribution in [-0.4, -0.2) is 164 Å². The van der Waals surface area contributed by atoms with Crippen molar-refractivity contribution in [1.29, 1.82) is 0 Å². The van der Waals surface area contributed by atoms with Gasteiger partial charge in [0.25, 0.3) is 0 Å². The molecule has 0 unspecified atom stereocenters. The maximum Gasteiger partial charge on any atom is 0.246 e. The second-order valence-corrected chi connectivity index (χ2v) is 20.2. The summed E-state index contributed by atoms with van der Waals surface area (Å²) in [5, 5.41) is 20.0. The largest absolute Gasteiger partial charge is 0.370 e. The maximum atomic E-state index is 15.0. The molecule has 3 saturated heterocycles. The van der Waals surface area contributed by atoms with E-state index in [0.29, 0.717) is 42.6 Å². The second-order valence-electron chi connectivity index (χ2n) is 20.2. The van der Waals surface area contributed by atoms with Gasteiger partial charge in [-0.3, -0.25) is 52.9 Å². The van der Waals surface area contributed by atoms with Gasteiger partial charge in [-0.2, -0.15) is 0 Å². The summed E-state index contributed by atoms with van der Waals surface area (Å²) in [4.78, 5) is 159. The molecule has 3 aliphatic heterocycles. The highest BCUT2D eigenvalue weighted by Crippen LogP contribution is 2.27. The van der Waals surface area contributed by atoms with Gasteiger partial charge in [0.2, 0.25) is 53.2 Å². The van der Waals surface area contributed by atoms with Crippen molar-refractivity contribution in [2.75, 3.05) is 26.2 Å². The molecule has 25 heteroatoms. The Morgan fingerprint density at radius 3 is 1.99 bits per heavy atom. The van der Waals surface area contributed by atoms with Crippen molar-refractivity contribution in [2.24, 2.45) is 16.5 Å². The minimum Gasteiger partial charge on any atom is -0.370 e. The molecule has 7 rings (SSSR count). The van der Waals surface area contributed by atoms with E-state index in [9.17, 15) is 43.2 Å². The van der Waals surface area contributed by atoms with Gasteiger partial charge in [0.15, 0.2) is 11.7 Å². The number of hydrogen-bond acceptors (Lipinski definition) is 12. The molecule has 8 atom stereocenters. The molecule has 2 aromatic heterocycles. The molecule has 9 amide bonds. The molecule has 0 aliphatic carbocycles. The van der Waals surface area contributed by atoms with Crippen LogP contribution in [0.15, 0.2) is 78.3 Å². The zero-order chi connectivity index (χ0) is 56.6. The van der Waals surface area contributed by atoms with Crippen molar-refractivity contribution in [2.45, 2.75) is 139 Å². The number of rotatable bonds is 14. The molecule has 3 aliphatic rings. The smallest absolute Gasteiger partial charge is 0.246 e. The number of nitrogens with one attached hydrogen (secondary N) is 9. The van der Waals surface area contributed by atoms with E-state index in [1.807, 2.05) is 18.2 Å². The molecule has 5 heterocycles. The summed E-state index contributed by atoms with van der Waals surface area (Å²) >= 11 is 0. The van der Waals surface area contributed by atoms with Crippen molar-refractivity contribution >= 4 is 75.8 Å². The van der Waals surface area contributed by atoms with Crippen LogP contribution >= 0.6 is 0 Å².